The summed E-state index contributed by atoms with van der Waals surface area (Å²) in [6.07, 6.45) is 4.27. The second-order valence-corrected chi connectivity index (χ2v) is 10.3. The lowest BCUT2D eigenvalue weighted by atomic mass is 10.1. The third kappa shape index (κ3) is 4.75. The number of hydrogen-bond acceptors (Lipinski definition) is 7. The first kappa shape index (κ1) is 23.0. The lowest BCUT2D eigenvalue weighted by Crippen LogP contribution is -2.35. The zero-order chi connectivity index (χ0) is 24.4. The monoisotopic (exact) mass is 492 g/mol. The molecule has 1 aliphatic rings. The fourth-order valence-corrected chi connectivity index (χ4v) is 5.49. The van der Waals surface area contributed by atoms with E-state index in [-0.39, 0.29) is 22.5 Å². The van der Waals surface area contributed by atoms with E-state index >= 15 is 0 Å². The molecule has 0 spiro atoms. The molecular formula is C25H24N4O5S. The predicted molar refractivity (Wildman–Crippen MR) is 129 cm³/mol. The Morgan fingerprint density at radius 2 is 1.74 bits per heavy atom. The molecule has 10 heteroatoms. The first-order valence-electron chi connectivity index (χ1n) is 11.3. The minimum atomic E-state index is -3.51. The van der Waals surface area contributed by atoms with Gasteiger partial charge in [-0.25, -0.2) is 8.42 Å². The maximum absolute atomic E-state index is 12.9. The smallest absolute Gasteiger partial charge is 0.291 e. The first-order chi connectivity index (χ1) is 16.9. The molecule has 0 atom stereocenters. The van der Waals surface area contributed by atoms with Gasteiger partial charge in [0, 0.05) is 29.9 Å². The summed E-state index contributed by atoms with van der Waals surface area (Å²) in [6, 6.07) is 15.1. The molecule has 2 aromatic heterocycles. The molecule has 180 valence electrons. The third-order valence-corrected chi connectivity index (χ3v) is 7.88. The van der Waals surface area contributed by atoms with Crippen LogP contribution in [-0.2, 0) is 10.0 Å². The zero-order valence-electron chi connectivity index (χ0n) is 19.1. The molecule has 1 N–H and O–H groups in total. The van der Waals surface area contributed by atoms with E-state index in [0.29, 0.717) is 35.7 Å². The van der Waals surface area contributed by atoms with Crippen molar-refractivity contribution in [3.05, 3.63) is 72.2 Å². The van der Waals surface area contributed by atoms with E-state index in [2.05, 4.69) is 15.5 Å². The Bertz CT molecular complexity index is 1440. The highest BCUT2D eigenvalue weighted by Crippen LogP contribution is 2.28. The van der Waals surface area contributed by atoms with Gasteiger partial charge in [0.25, 0.3) is 11.8 Å². The van der Waals surface area contributed by atoms with Crippen LogP contribution in [0.1, 0.15) is 35.4 Å². The molecule has 3 heterocycles. The summed E-state index contributed by atoms with van der Waals surface area (Å²) in [6.45, 7) is 2.98. The Labute approximate surface area is 202 Å². The molecule has 0 radical (unpaired) electrons. The third-order valence-electron chi connectivity index (χ3n) is 5.97. The number of aryl methyl sites for hydroxylation is 1. The van der Waals surface area contributed by atoms with E-state index in [0.717, 1.165) is 24.8 Å². The molecule has 1 amide bonds. The number of hydrogen-bond donors (Lipinski definition) is 1. The van der Waals surface area contributed by atoms with Crippen molar-refractivity contribution in [3.8, 4) is 22.8 Å². The van der Waals surface area contributed by atoms with Crippen molar-refractivity contribution in [1.29, 1.82) is 0 Å². The number of rotatable bonds is 6. The van der Waals surface area contributed by atoms with Gasteiger partial charge in [-0.2, -0.15) is 9.29 Å². The molecule has 0 unspecified atom stereocenters. The van der Waals surface area contributed by atoms with Crippen molar-refractivity contribution in [2.75, 3.05) is 18.4 Å². The second kappa shape index (κ2) is 9.47. The van der Waals surface area contributed by atoms with Gasteiger partial charge in [0.1, 0.15) is 0 Å². The van der Waals surface area contributed by atoms with E-state index < -0.39 is 10.0 Å². The zero-order valence-corrected chi connectivity index (χ0v) is 19.9. The largest absolute Gasteiger partial charge is 0.459 e. The highest BCUT2D eigenvalue weighted by molar-refractivity contribution is 7.89. The van der Waals surface area contributed by atoms with Gasteiger partial charge in [0.15, 0.2) is 5.76 Å². The summed E-state index contributed by atoms with van der Waals surface area (Å²) in [5.74, 6) is 0.462. The molecule has 4 aromatic rings. The van der Waals surface area contributed by atoms with Gasteiger partial charge in [-0.15, -0.1) is 0 Å². The average molecular weight is 493 g/mol. The maximum Gasteiger partial charge on any atom is 0.291 e. The summed E-state index contributed by atoms with van der Waals surface area (Å²) < 4.78 is 37.9. The summed E-state index contributed by atoms with van der Waals surface area (Å²) >= 11 is 0. The fourth-order valence-electron chi connectivity index (χ4n) is 3.97. The maximum atomic E-state index is 12.9. The lowest BCUT2D eigenvalue weighted by Gasteiger charge is -2.25. The van der Waals surface area contributed by atoms with E-state index in [1.165, 1.54) is 10.6 Å². The Morgan fingerprint density at radius 3 is 2.46 bits per heavy atom. The Kier molecular flexibility index (Phi) is 6.23. The molecule has 1 fully saturated rings. The summed E-state index contributed by atoms with van der Waals surface area (Å²) in [4.78, 5) is 17.1. The number of anilines is 1. The molecule has 5 rings (SSSR count). The van der Waals surface area contributed by atoms with E-state index in [4.69, 9.17) is 8.94 Å². The highest BCUT2D eigenvalue weighted by atomic mass is 32.2. The van der Waals surface area contributed by atoms with Crippen LogP contribution in [0.3, 0.4) is 0 Å². The molecule has 0 bridgehead atoms. The second-order valence-electron chi connectivity index (χ2n) is 8.37. The van der Waals surface area contributed by atoms with Crippen molar-refractivity contribution in [2.24, 2.45) is 0 Å². The normalized spacial score (nSPS) is 14.7. The van der Waals surface area contributed by atoms with Gasteiger partial charge in [-0.05, 0) is 73.9 Å². The van der Waals surface area contributed by atoms with Gasteiger partial charge in [-0.3, -0.25) is 4.79 Å². The van der Waals surface area contributed by atoms with Crippen molar-refractivity contribution in [1.82, 2.24) is 14.4 Å². The number of benzene rings is 2. The highest BCUT2D eigenvalue weighted by Gasteiger charge is 2.26. The molecular weight excluding hydrogens is 468 g/mol. The molecule has 9 nitrogen and oxygen atoms in total. The number of sulfonamides is 1. The van der Waals surface area contributed by atoms with Crippen LogP contribution in [0.4, 0.5) is 5.69 Å². The van der Waals surface area contributed by atoms with E-state index in [9.17, 15) is 13.2 Å². The number of piperidine rings is 1. The van der Waals surface area contributed by atoms with Crippen LogP contribution in [0.25, 0.3) is 22.8 Å². The van der Waals surface area contributed by atoms with Crippen LogP contribution in [0, 0.1) is 6.92 Å². The number of nitrogens with one attached hydrogen (secondary N) is 1. The van der Waals surface area contributed by atoms with Crippen molar-refractivity contribution < 1.29 is 22.2 Å². The number of furan rings is 1. The van der Waals surface area contributed by atoms with Crippen molar-refractivity contribution in [2.45, 2.75) is 31.1 Å². The Hall–Kier alpha value is -3.76. The van der Waals surface area contributed by atoms with Gasteiger partial charge in [0.05, 0.1) is 11.2 Å². The average Bonchev–Trinajstić information content (AvgIpc) is 3.59. The van der Waals surface area contributed by atoms with Gasteiger partial charge in [0.2, 0.25) is 15.8 Å². The van der Waals surface area contributed by atoms with Gasteiger partial charge in [-0.1, -0.05) is 17.6 Å². The molecule has 1 aliphatic heterocycles. The number of carbonyl (C=O) groups is 1. The molecule has 1 saturated heterocycles. The quantitative estimate of drug-likeness (QED) is 0.413. The lowest BCUT2D eigenvalue weighted by molar-refractivity contribution is 0.0996. The molecule has 2 aromatic carbocycles. The van der Waals surface area contributed by atoms with Gasteiger partial charge >= 0.3 is 0 Å². The minimum Gasteiger partial charge on any atom is -0.459 e. The molecule has 0 saturated carbocycles. The first-order valence-corrected chi connectivity index (χ1v) is 12.8. The van der Waals surface area contributed by atoms with Crippen LogP contribution >= 0.6 is 0 Å². The number of nitrogens with zero attached hydrogens (tertiary/aromatic N) is 3. The van der Waals surface area contributed by atoms with Crippen LogP contribution in [0.15, 0.2) is 74.7 Å². The number of carbonyl (C=O) groups excluding carboxylic acids is 1. The fraction of sp³-hybridized carbons (Fsp3) is 0.240. The number of aromatic nitrogens is 2. The molecule has 0 aliphatic carbocycles. The SMILES string of the molecule is Cc1ccc(-c2nc(-c3ccc(S(=O)(=O)N4CCCCC4)cc3)no2)cc1NC(=O)c1ccco1. The summed E-state index contributed by atoms with van der Waals surface area (Å²) in [5, 5.41) is 6.88. The molecule has 35 heavy (non-hydrogen) atoms. The van der Waals surface area contributed by atoms with Crippen LogP contribution in [-0.4, -0.2) is 41.9 Å². The van der Waals surface area contributed by atoms with Crippen LogP contribution < -0.4 is 5.32 Å². The topological polar surface area (TPSA) is 119 Å². The van der Waals surface area contributed by atoms with Gasteiger partial charge < -0.3 is 14.3 Å². The number of amides is 1. The Morgan fingerprint density at radius 1 is 1.00 bits per heavy atom. The summed E-state index contributed by atoms with van der Waals surface area (Å²) in [7, 11) is -3.51. The van der Waals surface area contributed by atoms with E-state index in [1.807, 2.05) is 19.1 Å². The Balaban J connectivity index is 1.35. The van der Waals surface area contributed by atoms with Crippen molar-refractivity contribution in [3.63, 3.8) is 0 Å². The summed E-state index contributed by atoms with van der Waals surface area (Å²) in [5.41, 5.74) is 2.72. The van der Waals surface area contributed by atoms with E-state index in [1.54, 1.807) is 42.5 Å². The van der Waals surface area contributed by atoms with Crippen LogP contribution in [0.5, 0.6) is 0 Å². The minimum absolute atomic E-state index is 0.209. The van der Waals surface area contributed by atoms with Crippen molar-refractivity contribution >= 4 is 21.6 Å². The van der Waals surface area contributed by atoms with Crippen LogP contribution in [0.2, 0.25) is 0 Å². The predicted octanol–water partition coefficient (Wildman–Crippen LogP) is 4.73. The standard InChI is InChI=1S/C25H24N4O5S/c1-17-7-8-19(16-21(17)26-24(30)22-6-5-15-33-22)25-27-23(28-34-25)18-9-11-20(12-10-18)35(31,32)29-13-3-2-4-14-29/h5-12,15-16H,2-4,13-14H2,1H3,(H,26,30).